The number of rotatable bonds is 3. The monoisotopic (exact) mass is 270 g/mol. The first-order chi connectivity index (χ1) is 8.66. The highest BCUT2D eigenvalue weighted by molar-refractivity contribution is 5.90. The Hall–Kier alpha value is -1.59. The van der Waals surface area contributed by atoms with Crippen molar-refractivity contribution in [1.29, 1.82) is 0 Å². The molecule has 0 radical (unpaired) electrons. The summed E-state index contributed by atoms with van der Waals surface area (Å²) in [6.45, 7) is 7.04. The van der Waals surface area contributed by atoms with Crippen molar-refractivity contribution in [2.24, 2.45) is 5.41 Å². The number of piperidine rings is 1. The molecule has 1 saturated heterocycles. The van der Waals surface area contributed by atoms with E-state index in [0.29, 0.717) is 6.54 Å². The largest absolute Gasteiger partial charge is 0.480 e. The van der Waals surface area contributed by atoms with Crippen molar-refractivity contribution in [2.45, 2.75) is 52.6 Å². The highest BCUT2D eigenvalue weighted by Crippen LogP contribution is 2.35. The van der Waals surface area contributed by atoms with Crippen LogP contribution in [0, 0.1) is 5.41 Å². The number of carboxylic acids is 1. The zero-order valence-corrected chi connectivity index (χ0v) is 11.9. The van der Waals surface area contributed by atoms with Crippen LogP contribution in [-0.2, 0) is 14.4 Å². The highest BCUT2D eigenvalue weighted by atomic mass is 16.4. The van der Waals surface area contributed by atoms with Gasteiger partial charge in [0.25, 0.3) is 0 Å². The number of nitrogens with one attached hydrogen (secondary N) is 1. The Morgan fingerprint density at radius 3 is 2.42 bits per heavy atom. The van der Waals surface area contributed by atoms with Crippen LogP contribution < -0.4 is 5.32 Å². The Balaban J connectivity index is 2.93. The van der Waals surface area contributed by atoms with Gasteiger partial charge in [-0.05, 0) is 25.2 Å². The maximum absolute atomic E-state index is 12.3. The third-order valence-corrected chi connectivity index (χ3v) is 3.58. The molecule has 0 aromatic rings. The number of hydrogen-bond acceptors (Lipinski definition) is 3. The lowest BCUT2D eigenvalue weighted by Crippen LogP contribution is -2.60. The predicted molar refractivity (Wildman–Crippen MR) is 69.4 cm³/mol. The van der Waals surface area contributed by atoms with E-state index in [4.69, 9.17) is 0 Å². The van der Waals surface area contributed by atoms with Crippen LogP contribution in [0.3, 0.4) is 0 Å². The van der Waals surface area contributed by atoms with Gasteiger partial charge >= 0.3 is 5.97 Å². The Kier molecular flexibility index (Phi) is 4.55. The minimum Gasteiger partial charge on any atom is -0.480 e. The molecule has 19 heavy (non-hydrogen) atoms. The molecule has 0 saturated carbocycles. The van der Waals surface area contributed by atoms with Crippen LogP contribution in [0.25, 0.3) is 0 Å². The molecule has 6 heteroatoms. The van der Waals surface area contributed by atoms with Crippen LogP contribution >= 0.6 is 0 Å². The number of hydrogen-bond donors (Lipinski definition) is 2. The van der Waals surface area contributed by atoms with Crippen molar-refractivity contribution in [2.75, 3.05) is 6.54 Å². The van der Waals surface area contributed by atoms with E-state index in [0.717, 1.165) is 12.8 Å². The van der Waals surface area contributed by atoms with Crippen molar-refractivity contribution in [3.05, 3.63) is 0 Å². The summed E-state index contributed by atoms with van der Waals surface area (Å²) in [6, 6.07) is -1.54. The second kappa shape index (κ2) is 5.59. The molecule has 0 bridgehead atoms. The SMILES string of the molecule is CC(=O)NC(C)C(=O)N1CCCC(C)(C)C1C(=O)O. The maximum Gasteiger partial charge on any atom is 0.326 e. The van der Waals surface area contributed by atoms with Crippen molar-refractivity contribution in [3.8, 4) is 0 Å². The van der Waals surface area contributed by atoms with Gasteiger partial charge in [-0.3, -0.25) is 9.59 Å². The first-order valence-electron chi connectivity index (χ1n) is 6.47. The van der Waals surface area contributed by atoms with Gasteiger partial charge < -0.3 is 15.3 Å². The topological polar surface area (TPSA) is 86.7 Å². The average Bonchev–Trinajstić information content (AvgIpc) is 2.24. The summed E-state index contributed by atoms with van der Waals surface area (Å²) < 4.78 is 0. The summed E-state index contributed by atoms with van der Waals surface area (Å²) in [5.74, 6) is -1.63. The van der Waals surface area contributed by atoms with Crippen molar-refractivity contribution >= 4 is 17.8 Å². The predicted octanol–water partition coefficient (Wildman–Crippen LogP) is 0.613. The molecule has 1 aliphatic heterocycles. The van der Waals surface area contributed by atoms with E-state index in [1.165, 1.54) is 11.8 Å². The van der Waals surface area contributed by atoms with Crippen LogP contribution in [0.1, 0.15) is 40.5 Å². The van der Waals surface area contributed by atoms with E-state index in [-0.39, 0.29) is 11.8 Å². The van der Waals surface area contributed by atoms with Crippen LogP contribution in [0.15, 0.2) is 0 Å². The standard InChI is InChI=1S/C13H22N2O4/c1-8(14-9(2)16)11(17)15-7-5-6-13(3,4)10(15)12(18)19/h8,10H,5-7H2,1-4H3,(H,14,16)(H,18,19). The van der Waals surface area contributed by atoms with Gasteiger partial charge in [-0.15, -0.1) is 0 Å². The first kappa shape index (κ1) is 15.5. The first-order valence-corrected chi connectivity index (χ1v) is 6.47. The van der Waals surface area contributed by atoms with Crippen molar-refractivity contribution < 1.29 is 19.5 Å². The summed E-state index contributed by atoms with van der Waals surface area (Å²) >= 11 is 0. The van der Waals surface area contributed by atoms with E-state index >= 15 is 0 Å². The van der Waals surface area contributed by atoms with Crippen LogP contribution in [0.2, 0.25) is 0 Å². The molecule has 0 aliphatic carbocycles. The lowest BCUT2D eigenvalue weighted by Gasteiger charge is -2.44. The summed E-state index contributed by atoms with van der Waals surface area (Å²) in [6.07, 6.45) is 1.54. The minimum absolute atomic E-state index is 0.302. The van der Waals surface area contributed by atoms with Gasteiger partial charge in [-0.2, -0.15) is 0 Å². The van der Waals surface area contributed by atoms with Gasteiger partial charge in [-0.1, -0.05) is 13.8 Å². The van der Waals surface area contributed by atoms with Crippen molar-refractivity contribution in [3.63, 3.8) is 0 Å². The number of carbonyl (C=O) groups excluding carboxylic acids is 2. The third kappa shape index (κ3) is 3.45. The van der Waals surface area contributed by atoms with Crippen LogP contribution in [0.5, 0.6) is 0 Å². The van der Waals surface area contributed by atoms with Gasteiger partial charge in [-0.25, -0.2) is 4.79 Å². The van der Waals surface area contributed by atoms with E-state index in [9.17, 15) is 19.5 Å². The molecule has 6 nitrogen and oxygen atoms in total. The number of likely N-dealkylation sites (tertiary alicyclic amines) is 1. The van der Waals surface area contributed by atoms with E-state index < -0.39 is 23.5 Å². The van der Waals surface area contributed by atoms with Gasteiger partial charge in [0.1, 0.15) is 12.1 Å². The summed E-state index contributed by atoms with van der Waals surface area (Å²) in [5, 5.41) is 11.9. The molecular weight excluding hydrogens is 248 g/mol. The lowest BCUT2D eigenvalue weighted by atomic mass is 9.76. The van der Waals surface area contributed by atoms with Crippen LogP contribution in [-0.4, -0.2) is 46.4 Å². The Morgan fingerprint density at radius 1 is 1.37 bits per heavy atom. The molecule has 1 aliphatic rings. The molecule has 1 heterocycles. The second-order valence-corrected chi connectivity index (χ2v) is 5.79. The molecule has 0 aromatic heterocycles. The Labute approximate surface area is 113 Å². The number of carbonyl (C=O) groups is 3. The number of amides is 2. The van der Waals surface area contributed by atoms with Crippen molar-refractivity contribution in [1.82, 2.24) is 10.2 Å². The fourth-order valence-electron chi connectivity index (χ4n) is 2.71. The average molecular weight is 270 g/mol. The molecule has 1 fully saturated rings. The number of nitrogens with zero attached hydrogens (tertiary/aromatic N) is 1. The molecular formula is C13H22N2O4. The summed E-state index contributed by atoms with van der Waals surface area (Å²) in [7, 11) is 0. The normalized spacial score (nSPS) is 23.6. The molecule has 108 valence electrons. The van der Waals surface area contributed by atoms with Gasteiger partial charge in [0.2, 0.25) is 11.8 Å². The Bertz CT molecular complexity index is 392. The van der Waals surface area contributed by atoms with Crippen LogP contribution in [0.4, 0.5) is 0 Å². The van der Waals surface area contributed by atoms with E-state index in [1.54, 1.807) is 6.92 Å². The fourth-order valence-corrected chi connectivity index (χ4v) is 2.71. The molecule has 1 rings (SSSR count). The zero-order valence-electron chi connectivity index (χ0n) is 11.9. The number of aliphatic carboxylic acids is 1. The molecule has 2 amide bonds. The Morgan fingerprint density at radius 2 is 1.95 bits per heavy atom. The smallest absolute Gasteiger partial charge is 0.326 e. The summed E-state index contributed by atoms with van der Waals surface area (Å²) in [4.78, 5) is 36.1. The third-order valence-electron chi connectivity index (χ3n) is 3.58. The van der Waals surface area contributed by atoms with Gasteiger partial charge in [0.05, 0.1) is 0 Å². The van der Waals surface area contributed by atoms with E-state index in [2.05, 4.69) is 5.32 Å². The molecule has 2 N–H and O–H groups in total. The molecule has 0 aromatic carbocycles. The summed E-state index contributed by atoms with van der Waals surface area (Å²) in [5.41, 5.74) is -0.463. The highest BCUT2D eigenvalue weighted by Gasteiger charge is 2.45. The number of carboxylic acid groups (broad SMARTS) is 1. The lowest BCUT2D eigenvalue weighted by molar-refractivity contribution is -0.159. The molecule has 2 atom stereocenters. The van der Waals surface area contributed by atoms with Gasteiger partial charge in [0.15, 0.2) is 0 Å². The van der Waals surface area contributed by atoms with E-state index in [1.807, 2.05) is 13.8 Å². The molecule has 0 spiro atoms. The fraction of sp³-hybridized carbons (Fsp3) is 0.769. The minimum atomic E-state index is -0.993. The zero-order chi connectivity index (χ0) is 14.8. The molecule has 2 unspecified atom stereocenters. The maximum atomic E-state index is 12.3. The second-order valence-electron chi connectivity index (χ2n) is 5.79. The van der Waals surface area contributed by atoms with Gasteiger partial charge in [0, 0.05) is 13.5 Å². The quantitative estimate of drug-likeness (QED) is 0.786.